The molecule has 33 heavy (non-hydrogen) atoms. The first-order valence-electron chi connectivity index (χ1n) is 10.5. The number of likely N-dealkylation sites (tertiary alicyclic amines) is 1. The fraction of sp³-hybridized carbons (Fsp3) is 0.619. The molecule has 0 aliphatic carbocycles. The molecule has 1 aromatic rings. The van der Waals surface area contributed by atoms with Crippen molar-refractivity contribution in [3.05, 3.63) is 21.6 Å². The van der Waals surface area contributed by atoms with Crippen LogP contribution in [0.4, 0.5) is 10.5 Å². The van der Waals surface area contributed by atoms with Gasteiger partial charge in [-0.3, -0.25) is 8.98 Å². The maximum Gasteiger partial charge on any atom is 0.410 e. The number of benzene rings is 1. The predicted octanol–water partition coefficient (Wildman–Crippen LogP) is 3.82. The highest BCUT2D eigenvalue weighted by molar-refractivity contribution is 9.10. The molecule has 2 aliphatic rings. The van der Waals surface area contributed by atoms with Crippen molar-refractivity contribution in [1.82, 2.24) is 4.90 Å². The van der Waals surface area contributed by atoms with Crippen LogP contribution in [0.25, 0.3) is 0 Å². The van der Waals surface area contributed by atoms with Crippen molar-refractivity contribution in [3.63, 3.8) is 0 Å². The second-order valence-electron chi connectivity index (χ2n) is 9.21. The van der Waals surface area contributed by atoms with E-state index in [1.807, 2.05) is 20.8 Å². The minimum absolute atomic E-state index is 0.0311. The Labute approximate surface area is 207 Å². The highest BCUT2D eigenvalue weighted by Crippen LogP contribution is 2.41. The van der Waals surface area contributed by atoms with Crippen LogP contribution in [0.2, 0.25) is 5.02 Å². The fourth-order valence-corrected chi connectivity index (χ4v) is 4.49. The molecule has 0 spiro atoms. The van der Waals surface area contributed by atoms with E-state index >= 15 is 0 Å². The molecule has 2 heterocycles. The van der Waals surface area contributed by atoms with Gasteiger partial charge in [-0.2, -0.15) is 8.42 Å². The van der Waals surface area contributed by atoms with Gasteiger partial charge in [0.25, 0.3) is 16.0 Å². The van der Waals surface area contributed by atoms with E-state index < -0.39 is 21.8 Å². The van der Waals surface area contributed by atoms with Gasteiger partial charge in [0.2, 0.25) is 0 Å². The van der Waals surface area contributed by atoms with Gasteiger partial charge in [0, 0.05) is 30.0 Å². The van der Waals surface area contributed by atoms with Crippen LogP contribution in [-0.4, -0.2) is 69.5 Å². The standard InChI is InChI=1S/C21H28BrClN2O7S/c1-21(2,3)32-20(27)24-10-13(11-24)12-25-16-9-15(23)14(22)8-18(16)31-17(19(25)26)6-5-7-30-33(4,28)29/h8-9,13,17H,5-7,10-12H2,1-4H3. The van der Waals surface area contributed by atoms with Gasteiger partial charge in [-0.15, -0.1) is 0 Å². The van der Waals surface area contributed by atoms with E-state index in [2.05, 4.69) is 15.9 Å². The molecule has 0 aromatic heterocycles. The molecule has 184 valence electrons. The van der Waals surface area contributed by atoms with Crippen molar-refractivity contribution in [1.29, 1.82) is 0 Å². The summed E-state index contributed by atoms with van der Waals surface area (Å²) in [6.45, 7) is 6.76. The van der Waals surface area contributed by atoms with Crippen LogP contribution >= 0.6 is 27.5 Å². The second-order valence-corrected chi connectivity index (χ2v) is 12.1. The van der Waals surface area contributed by atoms with Gasteiger partial charge in [0.05, 0.1) is 23.6 Å². The van der Waals surface area contributed by atoms with Crippen molar-refractivity contribution in [3.8, 4) is 5.75 Å². The number of carbonyl (C=O) groups excluding carboxylic acids is 2. The first kappa shape index (κ1) is 26.1. The molecule has 1 atom stereocenters. The van der Waals surface area contributed by atoms with Crippen molar-refractivity contribution >= 4 is 55.3 Å². The lowest BCUT2D eigenvalue weighted by Crippen LogP contribution is -2.57. The average Bonchev–Trinajstić information content (AvgIpc) is 2.62. The summed E-state index contributed by atoms with van der Waals surface area (Å²) >= 11 is 9.65. The fourth-order valence-electron chi connectivity index (χ4n) is 3.59. The van der Waals surface area contributed by atoms with Crippen LogP contribution in [-0.2, 0) is 23.8 Å². The molecule has 0 N–H and O–H groups in total. The Morgan fingerprint density at radius 2 is 1.97 bits per heavy atom. The number of nitrogens with zero attached hydrogens (tertiary/aromatic N) is 2. The van der Waals surface area contributed by atoms with Crippen LogP contribution in [0.1, 0.15) is 33.6 Å². The molecule has 9 nitrogen and oxygen atoms in total. The number of anilines is 1. The van der Waals surface area contributed by atoms with E-state index in [1.54, 1.807) is 21.9 Å². The van der Waals surface area contributed by atoms with Crippen LogP contribution in [0.15, 0.2) is 16.6 Å². The molecule has 1 fully saturated rings. The Balaban J connectivity index is 1.68. The zero-order valence-corrected chi connectivity index (χ0v) is 22.1. The summed E-state index contributed by atoms with van der Waals surface area (Å²) in [4.78, 5) is 28.7. The Hall–Kier alpha value is -1.56. The molecule has 0 saturated carbocycles. The summed E-state index contributed by atoms with van der Waals surface area (Å²) in [5, 5.41) is 0.444. The van der Waals surface area contributed by atoms with Crippen LogP contribution < -0.4 is 9.64 Å². The lowest BCUT2D eigenvalue weighted by molar-refractivity contribution is -0.127. The molecule has 1 aromatic carbocycles. The molecule has 2 aliphatic heterocycles. The van der Waals surface area contributed by atoms with Crippen molar-refractivity contribution in [2.45, 2.75) is 45.3 Å². The SMILES string of the molecule is CC(C)(C)OC(=O)N1CC(CN2C(=O)C(CCCOS(C)(=O)=O)Oc3cc(Br)c(Cl)cc32)C1. The average molecular weight is 568 g/mol. The molecular weight excluding hydrogens is 540 g/mol. The normalized spacial score (nSPS) is 19.1. The van der Waals surface area contributed by atoms with E-state index in [1.165, 1.54) is 0 Å². The minimum atomic E-state index is -3.55. The van der Waals surface area contributed by atoms with Crippen molar-refractivity contribution in [2.24, 2.45) is 5.92 Å². The molecule has 0 radical (unpaired) electrons. The van der Waals surface area contributed by atoms with Gasteiger partial charge < -0.3 is 19.3 Å². The summed E-state index contributed by atoms with van der Waals surface area (Å²) in [5.74, 6) is 0.336. The summed E-state index contributed by atoms with van der Waals surface area (Å²) in [7, 11) is -3.55. The smallest absolute Gasteiger partial charge is 0.410 e. The minimum Gasteiger partial charge on any atom is -0.478 e. The zero-order valence-electron chi connectivity index (χ0n) is 19.0. The summed E-state index contributed by atoms with van der Waals surface area (Å²) in [6.07, 6.45) is 0.448. The number of fused-ring (bicyclic) bond motifs is 1. The quantitative estimate of drug-likeness (QED) is 0.365. The van der Waals surface area contributed by atoms with Crippen LogP contribution in [0, 0.1) is 5.92 Å². The molecule has 0 bridgehead atoms. The van der Waals surface area contributed by atoms with Gasteiger partial charge in [-0.05, 0) is 61.7 Å². The Morgan fingerprint density at radius 1 is 1.30 bits per heavy atom. The van der Waals surface area contributed by atoms with Crippen molar-refractivity contribution in [2.75, 3.05) is 37.4 Å². The zero-order chi connectivity index (χ0) is 24.6. The number of hydrogen-bond donors (Lipinski definition) is 0. The Morgan fingerprint density at radius 3 is 2.58 bits per heavy atom. The Kier molecular flexibility index (Phi) is 7.87. The Bertz CT molecular complexity index is 1020. The number of amides is 2. The third-order valence-corrected chi connectivity index (χ3v) is 6.85. The highest BCUT2D eigenvalue weighted by atomic mass is 79.9. The van der Waals surface area contributed by atoms with E-state index in [0.29, 0.717) is 53.4 Å². The molecule has 3 rings (SSSR count). The van der Waals surface area contributed by atoms with Crippen LogP contribution in [0.5, 0.6) is 5.75 Å². The first-order chi connectivity index (χ1) is 15.2. The van der Waals surface area contributed by atoms with Gasteiger partial charge in [0.1, 0.15) is 11.4 Å². The lowest BCUT2D eigenvalue weighted by Gasteiger charge is -2.43. The third kappa shape index (κ3) is 6.97. The van der Waals surface area contributed by atoms with Gasteiger partial charge >= 0.3 is 6.09 Å². The molecule has 2 amide bonds. The lowest BCUT2D eigenvalue weighted by atomic mass is 9.98. The van der Waals surface area contributed by atoms with E-state index in [0.717, 1.165) is 6.26 Å². The number of ether oxygens (including phenoxy) is 2. The van der Waals surface area contributed by atoms with E-state index in [-0.39, 0.29) is 24.5 Å². The molecule has 1 unspecified atom stereocenters. The van der Waals surface area contributed by atoms with Crippen molar-refractivity contribution < 1.29 is 31.7 Å². The highest BCUT2D eigenvalue weighted by Gasteiger charge is 2.40. The second kappa shape index (κ2) is 9.97. The van der Waals surface area contributed by atoms with Crippen LogP contribution in [0.3, 0.4) is 0 Å². The number of hydrogen-bond acceptors (Lipinski definition) is 7. The third-order valence-electron chi connectivity index (χ3n) is 5.06. The monoisotopic (exact) mass is 566 g/mol. The number of carbonyl (C=O) groups is 2. The van der Waals surface area contributed by atoms with Gasteiger partial charge in [0.15, 0.2) is 6.10 Å². The maximum atomic E-state index is 13.2. The number of rotatable bonds is 7. The first-order valence-corrected chi connectivity index (χ1v) is 13.5. The topological polar surface area (TPSA) is 102 Å². The molecule has 1 saturated heterocycles. The van der Waals surface area contributed by atoms with E-state index in [9.17, 15) is 18.0 Å². The summed E-state index contributed by atoms with van der Waals surface area (Å²) < 4.78 is 39.0. The largest absolute Gasteiger partial charge is 0.478 e. The van der Waals surface area contributed by atoms with E-state index in [4.69, 9.17) is 25.3 Å². The summed E-state index contributed by atoms with van der Waals surface area (Å²) in [5.41, 5.74) is -0.00743. The summed E-state index contributed by atoms with van der Waals surface area (Å²) in [6, 6.07) is 3.39. The van der Waals surface area contributed by atoms with Gasteiger partial charge in [-0.25, -0.2) is 4.79 Å². The molecular formula is C21H28BrClN2O7S. The van der Waals surface area contributed by atoms with Gasteiger partial charge in [-0.1, -0.05) is 11.6 Å². The maximum absolute atomic E-state index is 13.2. The number of halogens is 2. The molecule has 12 heteroatoms. The predicted molar refractivity (Wildman–Crippen MR) is 127 cm³/mol.